The number of benzene rings is 2. The predicted molar refractivity (Wildman–Crippen MR) is 80.3 cm³/mol. The molecule has 3 heteroatoms. The van der Waals surface area contributed by atoms with Gasteiger partial charge in [-0.05, 0) is 30.5 Å². The van der Waals surface area contributed by atoms with Crippen LogP contribution in [0.5, 0.6) is 0 Å². The van der Waals surface area contributed by atoms with Crippen LogP contribution in [0.4, 0.5) is 0 Å². The lowest BCUT2D eigenvalue weighted by atomic mass is 10.0. The van der Waals surface area contributed by atoms with Crippen molar-refractivity contribution in [2.75, 3.05) is 0 Å². The molecular formula is C17H12O2S. The zero-order valence-electron chi connectivity index (χ0n) is 10.9. The number of thiophene rings is 1. The first-order valence-corrected chi connectivity index (χ1v) is 7.34. The average molecular weight is 280 g/mol. The van der Waals surface area contributed by atoms with E-state index < -0.39 is 0 Å². The molecule has 0 fully saturated rings. The van der Waals surface area contributed by atoms with Gasteiger partial charge in [-0.1, -0.05) is 35.9 Å². The maximum absolute atomic E-state index is 12.0. The highest BCUT2D eigenvalue weighted by Gasteiger charge is 2.33. The quantitative estimate of drug-likeness (QED) is 0.615. The van der Waals surface area contributed by atoms with Crippen molar-refractivity contribution in [2.24, 2.45) is 0 Å². The molecule has 1 aliphatic rings. The van der Waals surface area contributed by atoms with Crippen LogP contribution in [0.2, 0.25) is 0 Å². The summed E-state index contributed by atoms with van der Waals surface area (Å²) in [6, 6.07) is 16.2. The van der Waals surface area contributed by atoms with Gasteiger partial charge in [0.25, 0.3) is 0 Å². The minimum atomic E-state index is -0.255. The summed E-state index contributed by atoms with van der Waals surface area (Å²) in [5, 5.41) is 1.20. The van der Waals surface area contributed by atoms with Crippen LogP contribution in [0.3, 0.4) is 0 Å². The Bertz CT molecular complexity index is 799. The van der Waals surface area contributed by atoms with Crippen molar-refractivity contribution in [3.8, 4) is 0 Å². The number of fused-ring (bicyclic) bond motifs is 2. The number of esters is 1. The molecule has 4 rings (SSSR count). The summed E-state index contributed by atoms with van der Waals surface area (Å²) >= 11 is 1.69. The topological polar surface area (TPSA) is 26.3 Å². The average Bonchev–Trinajstić information content (AvgIpc) is 3.00. The zero-order valence-corrected chi connectivity index (χ0v) is 11.7. The molecule has 1 unspecified atom stereocenters. The molecule has 0 N–H and O–H groups in total. The van der Waals surface area contributed by atoms with E-state index in [4.69, 9.17) is 4.74 Å². The smallest absolute Gasteiger partial charge is 0.339 e. The van der Waals surface area contributed by atoms with Crippen LogP contribution >= 0.6 is 11.3 Å². The monoisotopic (exact) mass is 280 g/mol. The number of hydrogen-bond acceptors (Lipinski definition) is 3. The van der Waals surface area contributed by atoms with Gasteiger partial charge in [0.15, 0.2) is 6.10 Å². The summed E-state index contributed by atoms with van der Waals surface area (Å²) in [4.78, 5) is 13.0. The Hall–Kier alpha value is -2.13. The first kappa shape index (κ1) is 11.7. The second-order valence-electron chi connectivity index (χ2n) is 5.06. The number of carbonyl (C=O) groups excluding carboxylic acids is 1. The third-order valence-electron chi connectivity index (χ3n) is 3.64. The van der Waals surface area contributed by atoms with Crippen LogP contribution in [-0.4, -0.2) is 5.97 Å². The fraction of sp³-hybridized carbons (Fsp3) is 0.118. The SMILES string of the molecule is Cc1ccc2c(c1)C(c1cc3ccccc3s1)OC2=O. The standard InChI is InChI=1S/C17H12O2S/c1-10-6-7-12-13(8-10)16(19-17(12)18)15-9-11-4-2-3-5-14(11)20-15/h2-9,16H,1H3. The molecule has 0 spiro atoms. The molecule has 1 atom stereocenters. The first-order valence-electron chi connectivity index (χ1n) is 6.52. The van der Waals surface area contributed by atoms with Gasteiger partial charge in [0.05, 0.1) is 10.4 Å². The van der Waals surface area contributed by atoms with E-state index in [-0.39, 0.29) is 12.1 Å². The molecule has 2 heterocycles. The Labute approximate surface area is 120 Å². The minimum Gasteiger partial charge on any atom is -0.448 e. The Morgan fingerprint density at radius 3 is 2.80 bits per heavy atom. The summed E-state index contributed by atoms with van der Waals surface area (Å²) in [5.41, 5.74) is 2.83. The van der Waals surface area contributed by atoms with E-state index in [2.05, 4.69) is 24.3 Å². The van der Waals surface area contributed by atoms with Gasteiger partial charge in [0.2, 0.25) is 0 Å². The Balaban J connectivity index is 1.88. The van der Waals surface area contributed by atoms with Crippen molar-refractivity contribution >= 4 is 27.4 Å². The largest absolute Gasteiger partial charge is 0.448 e. The van der Waals surface area contributed by atoms with E-state index in [1.807, 2.05) is 31.2 Å². The van der Waals surface area contributed by atoms with E-state index >= 15 is 0 Å². The molecule has 3 aromatic rings. The van der Waals surface area contributed by atoms with Gasteiger partial charge in [-0.3, -0.25) is 0 Å². The van der Waals surface area contributed by atoms with Crippen LogP contribution in [-0.2, 0) is 4.74 Å². The molecule has 2 nitrogen and oxygen atoms in total. The van der Waals surface area contributed by atoms with Crippen molar-refractivity contribution in [3.63, 3.8) is 0 Å². The summed E-state index contributed by atoms with van der Waals surface area (Å²) in [7, 11) is 0. The summed E-state index contributed by atoms with van der Waals surface area (Å²) in [5.74, 6) is -0.220. The molecule has 0 saturated heterocycles. The van der Waals surface area contributed by atoms with Crippen molar-refractivity contribution in [1.82, 2.24) is 0 Å². The van der Waals surface area contributed by atoms with Gasteiger partial charge < -0.3 is 4.74 Å². The van der Waals surface area contributed by atoms with Crippen LogP contribution < -0.4 is 0 Å². The highest BCUT2D eigenvalue weighted by Crippen LogP contribution is 2.41. The normalized spacial score (nSPS) is 17.2. The Kier molecular flexibility index (Phi) is 2.44. The van der Waals surface area contributed by atoms with E-state index in [0.717, 1.165) is 16.0 Å². The molecule has 1 aromatic heterocycles. The maximum atomic E-state index is 12.0. The number of rotatable bonds is 1. The second-order valence-corrected chi connectivity index (χ2v) is 6.18. The van der Waals surface area contributed by atoms with Crippen molar-refractivity contribution in [1.29, 1.82) is 0 Å². The van der Waals surface area contributed by atoms with Crippen LogP contribution in [0.25, 0.3) is 10.1 Å². The van der Waals surface area contributed by atoms with Crippen molar-refractivity contribution < 1.29 is 9.53 Å². The van der Waals surface area contributed by atoms with Crippen molar-refractivity contribution in [2.45, 2.75) is 13.0 Å². The molecule has 1 aliphatic heterocycles. The molecule has 0 aliphatic carbocycles. The zero-order chi connectivity index (χ0) is 13.7. The number of cyclic esters (lactones) is 1. The molecule has 98 valence electrons. The Morgan fingerprint density at radius 2 is 1.95 bits per heavy atom. The molecule has 0 amide bonds. The van der Waals surface area contributed by atoms with Gasteiger partial charge in [-0.25, -0.2) is 4.79 Å². The molecule has 0 bridgehead atoms. The molecule has 2 aromatic carbocycles. The predicted octanol–water partition coefficient (Wildman–Crippen LogP) is 4.47. The second kappa shape index (κ2) is 4.18. The summed E-state index contributed by atoms with van der Waals surface area (Å²) in [6.45, 7) is 2.03. The maximum Gasteiger partial charge on any atom is 0.339 e. The third-order valence-corrected chi connectivity index (χ3v) is 4.80. The number of ether oxygens (including phenoxy) is 1. The number of hydrogen-bond donors (Lipinski definition) is 0. The van der Waals surface area contributed by atoms with E-state index in [1.54, 1.807) is 11.3 Å². The molecule has 0 saturated carbocycles. The fourth-order valence-electron chi connectivity index (χ4n) is 2.66. The number of aryl methyl sites for hydroxylation is 1. The highest BCUT2D eigenvalue weighted by molar-refractivity contribution is 7.19. The lowest BCUT2D eigenvalue weighted by Gasteiger charge is -2.08. The molecular weight excluding hydrogens is 268 g/mol. The van der Waals surface area contributed by atoms with Gasteiger partial charge in [-0.2, -0.15) is 0 Å². The van der Waals surface area contributed by atoms with Crippen LogP contribution in [0, 0.1) is 6.92 Å². The lowest BCUT2D eigenvalue weighted by Crippen LogP contribution is -1.98. The van der Waals surface area contributed by atoms with E-state index in [9.17, 15) is 4.79 Å². The lowest BCUT2D eigenvalue weighted by molar-refractivity contribution is 0.0461. The first-order chi connectivity index (χ1) is 9.72. The highest BCUT2D eigenvalue weighted by atomic mass is 32.1. The van der Waals surface area contributed by atoms with Gasteiger partial charge in [0.1, 0.15) is 0 Å². The number of carbonyl (C=O) groups is 1. The molecule has 0 radical (unpaired) electrons. The summed E-state index contributed by atoms with van der Waals surface area (Å²) in [6.07, 6.45) is -0.255. The third kappa shape index (κ3) is 1.67. The summed E-state index contributed by atoms with van der Waals surface area (Å²) < 4.78 is 6.80. The van der Waals surface area contributed by atoms with Crippen LogP contribution in [0.1, 0.15) is 32.5 Å². The minimum absolute atomic E-state index is 0.220. The molecule has 20 heavy (non-hydrogen) atoms. The Morgan fingerprint density at radius 1 is 1.10 bits per heavy atom. The van der Waals surface area contributed by atoms with Gasteiger partial charge in [0, 0.05) is 10.3 Å². The van der Waals surface area contributed by atoms with Crippen molar-refractivity contribution in [3.05, 3.63) is 70.1 Å². The van der Waals surface area contributed by atoms with E-state index in [1.165, 1.54) is 10.1 Å². The fourth-order valence-corrected chi connectivity index (χ4v) is 3.78. The van der Waals surface area contributed by atoms with E-state index in [0.29, 0.717) is 5.56 Å². The van der Waals surface area contributed by atoms with Crippen LogP contribution in [0.15, 0.2) is 48.5 Å². The van der Waals surface area contributed by atoms with Gasteiger partial charge in [-0.15, -0.1) is 11.3 Å². The van der Waals surface area contributed by atoms with Gasteiger partial charge >= 0.3 is 5.97 Å².